The maximum Gasteiger partial charge on any atom is 0.300 e. The highest BCUT2D eigenvalue weighted by atomic mass is 35.5. The summed E-state index contributed by atoms with van der Waals surface area (Å²) in [6, 6.07) is 19.9. The average molecular weight is 518 g/mol. The molecule has 0 bridgehead atoms. The van der Waals surface area contributed by atoms with Gasteiger partial charge in [-0.2, -0.15) is 5.26 Å². The van der Waals surface area contributed by atoms with Crippen LogP contribution in [0.1, 0.15) is 22.3 Å². The fourth-order valence-corrected chi connectivity index (χ4v) is 3.75. The van der Waals surface area contributed by atoms with E-state index in [4.69, 9.17) is 30.5 Å². The Morgan fingerprint density at radius 1 is 0.973 bits per heavy atom. The van der Waals surface area contributed by atoms with Crippen molar-refractivity contribution in [3.05, 3.63) is 105 Å². The summed E-state index contributed by atoms with van der Waals surface area (Å²) in [7, 11) is 3.18. The summed E-state index contributed by atoms with van der Waals surface area (Å²) in [5, 5.41) is 9.76. The number of nitriles is 1. The summed E-state index contributed by atoms with van der Waals surface area (Å²) >= 11 is 6.19. The molecule has 0 aliphatic heterocycles. The van der Waals surface area contributed by atoms with E-state index < -0.39 is 5.56 Å². The lowest BCUT2D eigenvalue weighted by Gasteiger charge is -2.15. The molecule has 1 heterocycles. The Morgan fingerprint density at radius 3 is 2.19 bits per heavy atom. The number of hydrogen-bond acceptors (Lipinski definition) is 7. The highest BCUT2D eigenvalue weighted by Crippen LogP contribution is 2.33. The number of aromatic nitrogens is 2. The molecule has 9 heteroatoms. The molecule has 0 unspecified atom stereocenters. The van der Waals surface area contributed by atoms with Crippen molar-refractivity contribution in [1.82, 2.24) is 9.55 Å². The average Bonchev–Trinajstić information content (AvgIpc) is 2.92. The summed E-state index contributed by atoms with van der Waals surface area (Å²) in [4.78, 5) is 17.9. The van der Waals surface area contributed by atoms with Crippen LogP contribution in [0.5, 0.6) is 28.9 Å². The van der Waals surface area contributed by atoms with E-state index in [0.29, 0.717) is 21.9 Å². The minimum absolute atomic E-state index is 0.0182. The molecule has 188 valence electrons. The van der Waals surface area contributed by atoms with Crippen LogP contribution in [0.15, 0.2) is 71.8 Å². The second-order valence-corrected chi connectivity index (χ2v) is 8.52. The molecule has 0 radical (unpaired) electrons. The smallest absolute Gasteiger partial charge is 0.300 e. The number of methoxy groups -OCH3 is 2. The predicted molar refractivity (Wildman–Crippen MR) is 139 cm³/mol. The van der Waals surface area contributed by atoms with Gasteiger partial charge in [0, 0.05) is 10.6 Å². The Labute approximate surface area is 219 Å². The number of benzene rings is 3. The molecule has 0 fully saturated rings. The van der Waals surface area contributed by atoms with Gasteiger partial charge in [-0.25, -0.2) is 4.98 Å². The van der Waals surface area contributed by atoms with Crippen LogP contribution in [-0.4, -0.2) is 23.8 Å². The second-order valence-electron chi connectivity index (χ2n) is 8.09. The Bertz CT molecular complexity index is 1490. The number of ether oxygens (including phenoxy) is 4. The zero-order valence-corrected chi connectivity index (χ0v) is 21.3. The van der Waals surface area contributed by atoms with Crippen molar-refractivity contribution in [2.45, 2.75) is 20.1 Å². The summed E-state index contributed by atoms with van der Waals surface area (Å²) in [6.45, 7) is 2.12. The van der Waals surface area contributed by atoms with Gasteiger partial charge in [-0.1, -0.05) is 35.9 Å². The van der Waals surface area contributed by atoms with Crippen LogP contribution in [0.4, 0.5) is 0 Å². The molecule has 0 spiro atoms. The Morgan fingerprint density at radius 2 is 1.59 bits per heavy atom. The molecule has 0 saturated carbocycles. The van der Waals surface area contributed by atoms with E-state index in [0.717, 1.165) is 16.9 Å². The quantitative estimate of drug-likeness (QED) is 0.288. The molecule has 0 N–H and O–H groups in total. The lowest BCUT2D eigenvalue weighted by atomic mass is 10.1. The van der Waals surface area contributed by atoms with Crippen molar-refractivity contribution in [3.63, 3.8) is 0 Å². The largest absolute Gasteiger partial charge is 0.497 e. The molecule has 0 saturated heterocycles. The summed E-state index contributed by atoms with van der Waals surface area (Å²) in [5.74, 6) is 1.60. The summed E-state index contributed by atoms with van der Waals surface area (Å²) in [6.07, 6.45) is 1.41. The lowest BCUT2D eigenvalue weighted by Crippen LogP contribution is -2.23. The molecule has 0 aliphatic rings. The van der Waals surface area contributed by atoms with Gasteiger partial charge in [0.2, 0.25) is 0 Å². The maximum atomic E-state index is 13.5. The molecule has 0 aliphatic carbocycles. The minimum Gasteiger partial charge on any atom is -0.497 e. The molecule has 37 heavy (non-hydrogen) atoms. The number of hydrogen-bond donors (Lipinski definition) is 0. The summed E-state index contributed by atoms with van der Waals surface area (Å²) < 4.78 is 23.8. The van der Waals surface area contributed by atoms with Crippen molar-refractivity contribution < 1.29 is 18.9 Å². The van der Waals surface area contributed by atoms with E-state index in [1.54, 1.807) is 27.2 Å². The van der Waals surface area contributed by atoms with Gasteiger partial charge in [-0.15, -0.1) is 0 Å². The number of halogens is 1. The fourth-order valence-electron chi connectivity index (χ4n) is 3.55. The molecule has 4 rings (SSSR count). The zero-order valence-electron chi connectivity index (χ0n) is 20.5. The normalized spacial score (nSPS) is 10.5. The molecular formula is C28H24ClN3O5. The van der Waals surface area contributed by atoms with Gasteiger partial charge in [-0.3, -0.25) is 9.36 Å². The Hall–Kier alpha value is -4.48. The van der Waals surface area contributed by atoms with Crippen LogP contribution in [0, 0.1) is 18.3 Å². The Kier molecular flexibility index (Phi) is 7.96. The Balaban J connectivity index is 1.70. The highest BCUT2D eigenvalue weighted by Gasteiger charge is 2.19. The van der Waals surface area contributed by atoms with E-state index in [1.807, 2.05) is 48.5 Å². The van der Waals surface area contributed by atoms with Crippen molar-refractivity contribution in [2.75, 3.05) is 14.2 Å². The van der Waals surface area contributed by atoms with Crippen LogP contribution < -0.4 is 24.5 Å². The third kappa shape index (κ3) is 6.02. The highest BCUT2D eigenvalue weighted by molar-refractivity contribution is 6.30. The lowest BCUT2D eigenvalue weighted by molar-refractivity contribution is 0.274. The SMILES string of the molecule is COc1ccc(COc2ncn(Cc3ccc(OC)cc3)c(=O)c2Oc2cc(Cl)cc(C#N)c2C)cc1. The molecule has 1 aromatic heterocycles. The van der Waals surface area contributed by atoms with Gasteiger partial charge in [0.1, 0.15) is 30.2 Å². The molecule has 3 aromatic carbocycles. The standard InChI is InChI=1S/C28H24ClN3O5/c1-18-21(14-30)12-22(29)13-25(18)37-26-27(36-16-20-6-10-24(35-3)11-7-20)31-17-32(28(26)33)15-19-4-8-23(34-2)9-5-19/h4-13,17H,15-16H2,1-3H3. The van der Waals surface area contributed by atoms with Gasteiger partial charge in [-0.05, 0) is 54.4 Å². The number of nitrogens with zero attached hydrogens (tertiary/aromatic N) is 3. The van der Waals surface area contributed by atoms with Crippen molar-refractivity contribution in [3.8, 4) is 34.9 Å². The first-order valence-corrected chi connectivity index (χ1v) is 11.7. The van der Waals surface area contributed by atoms with E-state index >= 15 is 0 Å². The third-order valence-electron chi connectivity index (χ3n) is 5.67. The van der Waals surface area contributed by atoms with Gasteiger partial charge < -0.3 is 18.9 Å². The zero-order chi connectivity index (χ0) is 26.4. The monoisotopic (exact) mass is 517 g/mol. The second kappa shape index (κ2) is 11.5. The topological polar surface area (TPSA) is 95.6 Å². The minimum atomic E-state index is -0.451. The molecule has 0 atom stereocenters. The molecule has 0 amide bonds. The van der Waals surface area contributed by atoms with Gasteiger partial charge >= 0.3 is 5.56 Å². The third-order valence-corrected chi connectivity index (χ3v) is 5.89. The van der Waals surface area contributed by atoms with Crippen LogP contribution in [0.3, 0.4) is 0 Å². The van der Waals surface area contributed by atoms with Crippen LogP contribution in [0.25, 0.3) is 0 Å². The number of rotatable bonds is 9. The maximum absolute atomic E-state index is 13.5. The van der Waals surface area contributed by atoms with E-state index in [2.05, 4.69) is 11.1 Å². The van der Waals surface area contributed by atoms with Gasteiger partial charge in [0.25, 0.3) is 11.6 Å². The molecule has 4 aromatic rings. The summed E-state index contributed by atoms with van der Waals surface area (Å²) in [5.41, 5.74) is 2.15. The first-order valence-electron chi connectivity index (χ1n) is 11.3. The van der Waals surface area contributed by atoms with Crippen molar-refractivity contribution in [1.29, 1.82) is 5.26 Å². The van der Waals surface area contributed by atoms with Gasteiger partial charge in [0.15, 0.2) is 0 Å². The van der Waals surface area contributed by atoms with Crippen molar-refractivity contribution >= 4 is 11.6 Å². The van der Waals surface area contributed by atoms with Crippen LogP contribution in [-0.2, 0) is 13.2 Å². The van der Waals surface area contributed by atoms with E-state index in [1.165, 1.54) is 17.0 Å². The first-order chi connectivity index (χ1) is 17.9. The van der Waals surface area contributed by atoms with E-state index in [9.17, 15) is 10.1 Å². The van der Waals surface area contributed by atoms with Gasteiger partial charge in [0.05, 0.1) is 32.4 Å². The van der Waals surface area contributed by atoms with Crippen molar-refractivity contribution in [2.24, 2.45) is 0 Å². The van der Waals surface area contributed by atoms with Crippen LogP contribution in [0.2, 0.25) is 5.02 Å². The van der Waals surface area contributed by atoms with Crippen LogP contribution >= 0.6 is 11.6 Å². The molecular weight excluding hydrogens is 494 g/mol. The van der Waals surface area contributed by atoms with E-state index in [-0.39, 0.29) is 30.5 Å². The first kappa shape index (κ1) is 25.6. The predicted octanol–water partition coefficient (Wildman–Crippen LogP) is 5.51. The fraction of sp³-hybridized carbons (Fsp3) is 0.179. The molecule has 8 nitrogen and oxygen atoms in total.